The van der Waals surface area contributed by atoms with Crippen molar-refractivity contribution in [1.82, 2.24) is 5.32 Å². The van der Waals surface area contributed by atoms with Gasteiger partial charge in [0.25, 0.3) is 0 Å². The molecular weight excluding hydrogens is 270 g/mol. The Hall–Kier alpha value is -1.38. The molecule has 0 aromatic carbocycles. The predicted molar refractivity (Wildman–Crippen MR) is 81.8 cm³/mol. The summed E-state index contributed by atoms with van der Waals surface area (Å²) < 4.78 is 0. The Morgan fingerprint density at radius 2 is 2.10 bits per heavy atom. The number of rotatable bonds is 4. The molecule has 0 spiro atoms. The van der Waals surface area contributed by atoms with Crippen LogP contribution in [0.3, 0.4) is 0 Å². The molecule has 1 saturated carbocycles. The molecule has 1 aromatic rings. The maximum absolute atomic E-state index is 12.0. The third-order valence-corrected chi connectivity index (χ3v) is 4.75. The standard InChI is InChI=1S/C15H21N3OS/c1-15(7-4-2-3-5-8-15)17-11-13(19)18-14-12(10-16)6-9-20-14/h6,9,17H,2-5,7-8,11H2,1H3,(H,18,19). The van der Waals surface area contributed by atoms with Crippen LogP contribution in [-0.2, 0) is 4.79 Å². The van der Waals surface area contributed by atoms with Crippen molar-refractivity contribution in [3.05, 3.63) is 17.0 Å². The van der Waals surface area contributed by atoms with Crippen molar-refractivity contribution < 1.29 is 4.79 Å². The maximum Gasteiger partial charge on any atom is 0.238 e. The first-order valence-corrected chi connectivity index (χ1v) is 8.03. The summed E-state index contributed by atoms with van der Waals surface area (Å²) in [7, 11) is 0. The van der Waals surface area contributed by atoms with Gasteiger partial charge in [-0.1, -0.05) is 25.7 Å². The van der Waals surface area contributed by atoms with E-state index >= 15 is 0 Å². The van der Waals surface area contributed by atoms with Crippen LogP contribution in [0.5, 0.6) is 0 Å². The summed E-state index contributed by atoms with van der Waals surface area (Å²) in [6.45, 7) is 2.51. The molecule has 0 radical (unpaired) electrons. The second kappa shape index (κ2) is 6.87. The Morgan fingerprint density at radius 1 is 1.40 bits per heavy atom. The van der Waals surface area contributed by atoms with E-state index in [9.17, 15) is 4.79 Å². The van der Waals surface area contributed by atoms with Gasteiger partial charge in [0.05, 0.1) is 12.1 Å². The van der Waals surface area contributed by atoms with Crippen LogP contribution in [0, 0.1) is 11.3 Å². The molecule has 0 aliphatic heterocycles. The van der Waals surface area contributed by atoms with Crippen LogP contribution in [-0.4, -0.2) is 18.0 Å². The zero-order chi connectivity index (χ0) is 14.4. The summed E-state index contributed by atoms with van der Waals surface area (Å²) in [5, 5.41) is 17.6. The lowest BCUT2D eigenvalue weighted by molar-refractivity contribution is -0.115. The molecule has 0 bridgehead atoms. The fourth-order valence-corrected chi connectivity index (χ4v) is 3.40. The lowest BCUT2D eigenvalue weighted by Crippen LogP contribution is -2.45. The number of hydrogen-bond donors (Lipinski definition) is 2. The number of thiophene rings is 1. The third kappa shape index (κ3) is 4.06. The van der Waals surface area contributed by atoms with Crippen molar-refractivity contribution >= 4 is 22.2 Å². The van der Waals surface area contributed by atoms with Gasteiger partial charge in [-0.2, -0.15) is 5.26 Å². The quantitative estimate of drug-likeness (QED) is 0.837. The Labute approximate surface area is 124 Å². The fraction of sp³-hybridized carbons (Fsp3) is 0.600. The topological polar surface area (TPSA) is 64.9 Å². The summed E-state index contributed by atoms with van der Waals surface area (Å²) in [6.07, 6.45) is 7.31. The highest BCUT2D eigenvalue weighted by atomic mass is 32.1. The van der Waals surface area contributed by atoms with Crippen molar-refractivity contribution in [2.45, 2.75) is 51.0 Å². The molecule has 1 aromatic heterocycles. The molecule has 0 unspecified atom stereocenters. The number of anilines is 1. The number of nitrogens with one attached hydrogen (secondary N) is 2. The van der Waals surface area contributed by atoms with E-state index in [1.165, 1.54) is 37.0 Å². The summed E-state index contributed by atoms with van der Waals surface area (Å²) in [4.78, 5) is 12.0. The van der Waals surface area contributed by atoms with Crippen LogP contribution in [0.2, 0.25) is 0 Å². The highest BCUT2D eigenvalue weighted by Crippen LogP contribution is 2.26. The SMILES string of the molecule is CC1(NCC(=O)Nc2sccc2C#N)CCCCCC1. The van der Waals surface area contributed by atoms with E-state index in [-0.39, 0.29) is 11.4 Å². The number of carbonyl (C=O) groups excluding carboxylic acids is 1. The minimum absolute atomic E-state index is 0.0708. The molecular formula is C15H21N3OS. The van der Waals surface area contributed by atoms with Crippen LogP contribution >= 0.6 is 11.3 Å². The zero-order valence-corrected chi connectivity index (χ0v) is 12.7. The molecule has 1 amide bonds. The van der Waals surface area contributed by atoms with Gasteiger partial charge in [0, 0.05) is 5.54 Å². The molecule has 4 nitrogen and oxygen atoms in total. The van der Waals surface area contributed by atoms with Crippen molar-refractivity contribution in [1.29, 1.82) is 5.26 Å². The lowest BCUT2D eigenvalue weighted by Gasteiger charge is -2.29. The average molecular weight is 291 g/mol. The fourth-order valence-electron chi connectivity index (χ4n) is 2.64. The summed E-state index contributed by atoms with van der Waals surface area (Å²) >= 11 is 1.38. The molecule has 0 saturated heterocycles. The molecule has 2 N–H and O–H groups in total. The van der Waals surface area contributed by atoms with Gasteiger partial charge < -0.3 is 10.6 Å². The summed E-state index contributed by atoms with van der Waals surface area (Å²) in [5.41, 5.74) is 0.602. The van der Waals surface area contributed by atoms with Crippen LogP contribution in [0.1, 0.15) is 51.0 Å². The number of nitriles is 1. The normalized spacial score (nSPS) is 18.0. The van der Waals surface area contributed by atoms with Gasteiger partial charge in [-0.15, -0.1) is 11.3 Å². The van der Waals surface area contributed by atoms with E-state index in [2.05, 4.69) is 23.6 Å². The minimum Gasteiger partial charge on any atom is -0.315 e. The van der Waals surface area contributed by atoms with Gasteiger partial charge in [0.15, 0.2) is 0 Å². The van der Waals surface area contributed by atoms with Gasteiger partial charge in [-0.05, 0) is 31.2 Å². The van der Waals surface area contributed by atoms with Gasteiger partial charge >= 0.3 is 0 Å². The summed E-state index contributed by atoms with van der Waals surface area (Å²) in [6, 6.07) is 3.80. The largest absolute Gasteiger partial charge is 0.315 e. The Balaban J connectivity index is 1.84. The second-order valence-corrected chi connectivity index (χ2v) is 6.57. The van der Waals surface area contributed by atoms with E-state index in [1.807, 2.05) is 5.38 Å². The van der Waals surface area contributed by atoms with Gasteiger partial charge in [-0.3, -0.25) is 4.79 Å². The Bertz CT molecular complexity index is 495. The highest BCUT2D eigenvalue weighted by Gasteiger charge is 2.25. The van der Waals surface area contributed by atoms with Crippen molar-refractivity contribution in [3.63, 3.8) is 0 Å². The van der Waals surface area contributed by atoms with Gasteiger partial charge in [0.1, 0.15) is 11.1 Å². The molecule has 20 heavy (non-hydrogen) atoms. The molecule has 1 heterocycles. The number of hydrogen-bond acceptors (Lipinski definition) is 4. The van der Waals surface area contributed by atoms with E-state index in [4.69, 9.17) is 5.26 Å². The zero-order valence-electron chi connectivity index (χ0n) is 11.9. The summed E-state index contributed by atoms with van der Waals surface area (Å²) in [5.74, 6) is -0.0746. The molecule has 5 heteroatoms. The van der Waals surface area contributed by atoms with E-state index in [0.717, 1.165) is 12.8 Å². The molecule has 0 atom stereocenters. The van der Waals surface area contributed by atoms with Gasteiger partial charge in [-0.25, -0.2) is 0 Å². The first-order valence-electron chi connectivity index (χ1n) is 7.15. The maximum atomic E-state index is 12.0. The molecule has 2 rings (SSSR count). The minimum atomic E-state index is -0.0746. The smallest absolute Gasteiger partial charge is 0.238 e. The van der Waals surface area contributed by atoms with Crippen LogP contribution in [0.25, 0.3) is 0 Å². The van der Waals surface area contributed by atoms with Crippen molar-refractivity contribution in [3.8, 4) is 6.07 Å². The average Bonchev–Trinajstić information content (AvgIpc) is 2.76. The molecule has 1 fully saturated rings. The Morgan fingerprint density at radius 3 is 2.75 bits per heavy atom. The second-order valence-electron chi connectivity index (χ2n) is 5.65. The number of amides is 1. The first-order chi connectivity index (χ1) is 9.63. The highest BCUT2D eigenvalue weighted by molar-refractivity contribution is 7.14. The molecule has 1 aliphatic carbocycles. The predicted octanol–water partition coefficient (Wildman–Crippen LogP) is 3.26. The van der Waals surface area contributed by atoms with E-state index in [0.29, 0.717) is 17.1 Å². The third-order valence-electron chi connectivity index (χ3n) is 3.92. The van der Waals surface area contributed by atoms with E-state index < -0.39 is 0 Å². The van der Waals surface area contributed by atoms with Crippen LogP contribution in [0.4, 0.5) is 5.00 Å². The van der Waals surface area contributed by atoms with Crippen LogP contribution < -0.4 is 10.6 Å². The van der Waals surface area contributed by atoms with Gasteiger partial charge in [0.2, 0.25) is 5.91 Å². The van der Waals surface area contributed by atoms with Crippen molar-refractivity contribution in [2.75, 3.05) is 11.9 Å². The number of nitrogens with zero attached hydrogens (tertiary/aromatic N) is 1. The van der Waals surface area contributed by atoms with Crippen molar-refractivity contribution in [2.24, 2.45) is 0 Å². The van der Waals surface area contributed by atoms with Crippen LogP contribution in [0.15, 0.2) is 11.4 Å². The first kappa shape index (κ1) is 15.0. The Kier molecular flexibility index (Phi) is 5.16. The monoisotopic (exact) mass is 291 g/mol. The lowest BCUT2D eigenvalue weighted by atomic mass is 9.92. The van der Waals surface area contributed by atoms with E-state index in [1.54, 1.807) is 6.07 Å². The molecule has 1 aliphatic rings. The molecule has 108 valence electrons. The number of carbonyl (C=O) groups is 1.